The number of halogens is 2. The van der Waals surface area contributed by atoms with Crippen LogP contribution in [0.3, 0.4) is 0 Å². The van der Waals surface area contributed by atoms with E-state index in [1.807, 2.05) is 0 Å². The van der Waals surface area contributed by atoms with Gasteiger partial charge in [0, 0.05) is 38.3 Å². The molecule has 0 aliphatic carbocycles. The van der Waals surface area contributed by atoms with E-state index in [4.69, 9.17) is 32.7 Å². The maximum absolute atomic E-state index is 5.86. The Balaban J connectivity index is 2.47. The van der Waals surface area contributed by atoms with Crippen LogP contribution in [0.1, 0.15) is 12.0 Å². The van der Waals surface area contributed by atoms with Gasteiger partial charge in [0.2, 0.25) is 5.88 Å². The third-order valence-electron chi connectivity index (χ3n) is 1.80. The zero-order chi connectivity index (χ0) is 11.1. The summed E-state index contributed by atoms with van der Waals surface area (Å²) in [5.74, 6) is 0.904. The van der Waals surface area contributed by atoms with Crippen LogP contribution in [0.2, 0.25) is 5.02 Å². The Hall–Kier alpha value is -0.510. The Labute approximate surface area is 99.3 Å². The van der Waals surface area contributed by atoms with E-state index in [1.165, 1.54) is 0 Å². The maximum atomic E-state index is 5.86. The third-order valence-corrected chi connectivity index (χ3v) is 2.42. The molecule has 5 heteroatoms. The van der Waals surface area contributed by atoms with Crippen LogP contribution in [0.25, 0.3) is 0 Å². The molecule has 0 spiro atoms. The smallest absolute Gasteiger partial charge is 0.213 e. The van der Waals surface area contributed by atoms with Gasteiger partial charge >= 0.3 is 0 Å². The lowest BCUT2D eigenvalue weighted by Gasteiger charge is -2.06. The van der Waals surface area contributed by atoms with Gasteiger partial charge in [-0.3, -0.25) is 0 Å². The summed E-state index contributed by atoms with van der Waals surface area (Å²) < 4.78 is 10.3. The van der Waals surface area contributed by atoms with Gasteiger partial charge < -0.3 is 9.47 Å². The van der Waals surface area contributed by atoms with Gasteiger partial charge in [-0.2, -0.15) is 0 Å². The maximum Gasteiger partial charge on any atom is 0.213 e. The van der Waals surface area contributed by atoms with Crippen molar-refractivity contribution < 1.29 is 9.47 Å². The van der Waals surface area contributed by atoms with Crippen molar-refractivity contribution >= 4 is 23.2 Å². The number of aromatic nitrogens is 1. The van der Waals surface area contributed by atoms with Crippen LogP contribution in [0, 0.1) is 0 Å². The van der Waals surface area contributed by atoms with Crippen molar-refractivity contribution in [2.24, 2.45) is 0 Å². The third kappa shape index (κ3) is 4.24. The largest absolute Gasteiger partial charge is 0.478 e. The molecule has 1 rings (SSSR count). The van der Waals surface area contributed by atoms with Crippen LogP contribution < -0.4 is 4.74 Å². The molecule has 1 aromatic heterocycles. The van der Waals surface area contributed by atoms with Crippen molar-refractivity contribution in [3.63, 3.8) is 0 Å². The molecule has 15 heavy (non-hydrogen) atoms. The molecule has 0 aliphatic heterocycles. The zero-order valence-electron chi connectivity index (χ0n) is 8.50. The summed E-state index contributed by atoms with van der Waals surface area (Å²) in [6.45, 7) is 1.25. The van der Waals surface area contributed by atoms with E-state index in [1.54, 1.807) is 19.4 Å². The van der Waals surface area contributed by atoms with Crippen molar-refractivity contribution in [1.29, 1.82) is 0 Å². The van der Waals surface area contributed by atoms with Crippen LogP contribution in [-0.2, 0) is 10.6 Å². The van der Waals surface area contributed by atoms with Crippen molar-refractivity contribution in [1.82, 2.24) is 4.98 Å². The molecule has 1 heterocycles. The van der Waals surface area contributed by atoms with Gasteiger partial charge in [0.25, 0.3) is 0 Å². The van der Waals surface area contributed by atoms with E-state index < -0.39 is 0 Å². The van der Waals surface area contributed by atoms with Crippen LogP contribution in [0.4, 0.5) is 0 Å². The molecule has 1 aromatic rings. The minimum Gasteiger partial charge on any atom is -0.478 e. The number of hydrogen-bond donors (Lipinski definition) is 0. The first-order valence-electron chi connectivity index (χ1n) is 4.60. The van der Waals surface area contributed by atoms with E-state index in [0.29, 0.717) is 30.0 Å². The summed E-state index contributed by atoms with van der Waals surface area (Å²) >= 11 is 11.6. The molecular weight excluding hydrogens is 237 g/mol. The van der Waals surface area contributed by atoms with Gasteiger partial charge in [-0.05, 0) is 5.56 Å². The van der Waals surface area contributed by atoms with Crippen LogP contribution in [0.15, 0.2) is 12.3 Å². The Morgan fingerprint density at radius 1 is 1.40 bits per heavy atom. The summed E-state index contributed by atoms with van der Waals surface area (Å²) in [6, 6.07) is 1.75. The topological polar surface area (TPSA) is 31.4 Å². The number of hydrogen-bond acceptors (Lipinski definition) is 3. The average Bonchev–Trinajstić information content (AvgIpc) is 2.26. The first-order chi connectivity index (χ1) is 7.27. The Morgan fingerprint density at radius 2 is 2.20 bits per heavy atom. The summed E-state index contributed by atoms with van der Waals surface area (Å²) in [4.78, 5) is 4.03. The fourth-order valence-corrected chi connectivity index (χ4v) is 1.48. The molecule has 0 radical (unpaired) electrons. The second-order valence-corrected chi connectivity index (χ2v) is 3.62. The molecule has 0 aromatic carbocycles. The van der Waals surface area contributed by atoms with Crippen molar-refractivity contribution in [2.45, 2.75) is 12.3 Å². The van der Waals surface area contributed by atoms with Gasteiger partial charge in [0.1, 0.15) is 0 Å². The molecule has 0 atom stereocenters. The molecule has 0 aliphatic rings. The molecule has 0 saturated carbocycles. The van der Waals surface area contributed by atoms with Gasteiger partial charge in [-0.1, -0.05) is 11.6 Å². The lowest BCUT2D eigenvalue weighted by Crippen LogP contribution is -2.02. The number of nitrogens with zero attached hydrogens (tertiary/aromatic N) is 1. The molecule has 0 fully saturated rings. The van der Waals surface area contributed by atoms with Crippen molar-refractivity contribution in [3.05, 3.63) is 22.8 Å². The number of rotatable bonds is 6. The average molecular weight is 250 g/mol. The van der Waals surface area contributed by atoms with Gasteiger partial charge in [0.05, 0.1) is 11.6 Å². The molecular formula is C10H13Cl2NO2. The molecule has 0 N–H and O–H groups in total. The monoisotopic (exact) mass is 249 g/mol. The fourth-order valence-electron chi connectivity index (χ4n) is 1.02. The van der Waals surface area contributed by atoms with E-state index in [9.17, 15) is 0 Å². The number of alkyl halides is 1. The quantitative estimate of drug-likeness (QED) is 0.574. The highest BCUT2D eigenvalue weighted by atomic mass is 35.5. The van der Waals surface area contributed by atoms with Gasteiger partial charge in [-0.25, -0.2) is 4.98 Å². The molecule has 84 valence electrons. The summed E-state index contributed by atoms with van der Waals surface area (Å²) in [6.07, 6.45) is 2.38. The van der Waals surface area contributed by atoms with Crippen molar-refractivity contribution in [3.8, 4) is 5.88 Å². The first kappa shape index (κ1) is 12.6. The predicted molar refractivity (Wildman–Crippen MR) is 60.8 cm³/mol. The minimum absolute atomic E-state index is 0.357. The predicted octanol–water partition coefficient (Wildman–Crippen LogP) is 2.89. The number of pyridine rings is 1. The van der Waals surface area contributed by atoms with Crippen LogP contribution in [0.5, 0.6) is 5.88 Å². The molecule has 0 unspecified atom stereocenters. The lowest BCUT2D eigenvalue weighted by molar-refractivity contribution is 0.170. The fraction of sp³-hybridized carbons (Fsp3) is 0.500. The summed E-state index contributed by atoms with van der Waals surface area (Å²) in [7, 11) is 1.66. The van der Waals surface area contributed by atoms with Gasteiger partial charge in [0.15, 0.2) is 0 Å². The normalized spacial score (nSPS) is 10.3. The van der Waals surface area contributed by atoms with Crippen molar-refractivity contribution in [2.75, 3.05) is 20.3 Å². The SMILES string of the molecule is COCCCOc1cc(CCl)c(Cl)cn1. The van der Waals surface area contributed by atoms with E-state index in [2.05, 4.69) is 4.98 Å². The van der Waals surface area contributed by atoms with E-state index >= 15 is 0 Å². The molecule has 0 amide bonds. The van der Waals surface area contributed by atoms with E-state index in [-0.39, 0.29) is 0 Å². The zero-order valence-corrected chi connectivity index (χ0v) is 10.0. The molecule has 3 nitrogen and oxygen atoms in total. The van der Waals surface area contributed by atoms with Crippen LogP contribution in [-0.4, -0.2) is 25.3 Å². The highest BCUT2D eigenvalue weighted by molar-refractivity contribution is 6.32. The second-order valence-electron chi connectivity index (χ2n) is 2.94. The highest BCUT2D eigenvalue weighted by Gasteiger charge is 2.02. The van der Waals surface area contributed by atoms with E-state index in [0.717, 1.165) is 12.0 Å². The Bertz CT molecular complexity index is 307. The Kier molecular flexibility index (Phi) is 5.76. The minimum atomic E-state index is 0.357. The molecule has 0 bridgehead atoms. The number of ether oxygens (including phenoxy) is 2. The summed E-state index contributed by atoms with van der Waals surface area (Å²) in [5.41, 5.74) is 0.829. The highest BCUT2D eigenvalue weighted by Crippen LogP contribution is 2.20. The Morgan fingerprint density at radius 3 is 2.87 bits per heavy atom. The molecule has 0 saturated heterocycles. The summed E-state index contributed by atoms with van der Waals surface area (Å²) in [5, 5.41) is 0.564. The standard InChI is InChI=1S/C10H13Cl2NO2/c1-14-3-2-4-15-10-5-8(6-11)9(12)7-13-10/h5,7H,2-4,6H2,1H3. The first-order valence-corrected chi connectivity index (χ1v) is 5.51. The van der Waals surface area contributed by atoms with Crippen LogP contribution >= 0.6 is 23.2 Å². The second kappa shape index (κ2) is 6.88. The lowest BCUT2D eigenvalue weighted by atomic mass is 10.3. The number of methoxy groups -OCH3 is 1. The van der Waals surface area contributed by atoms with Gasteiger partial charge in [-0.15, -0.1) is 11.6 Å².